The van der Waals surface area contributed by atoms with Crippen molar-refractivity contribution in [2.45, 2.75) is 142 Å². The Balaban J connectivity index is 4.55. The summed E-state index contributed by atoms with van der Waals surface area (Å²) in [6, 6.07) is 0. The molecule has 0 saturated heterocycles. The predicted octanol–water partition coefficient (Wildman–Crippen LogP) is 10.4. The van der Waals surface area contributed by atoms with Gasteiger partial charge in [-0.25, -0.2) is 0 Å². The normalized spacial score (nSPS) is 14.5. The van der Waals surface area contributed by atoms with Crippen LogP contribution in [0.15, 0.2) is 72.9 Å². The van der Waals surface area contributed by atoms with E-state index in [0.29, 0.717) is 17.4 Å². The molecule has 0 aromatic heterocycles. The highest BCUT2D eigenvalue weighted by atomic mass is 31.2. The maximum atomic E-state index is 12.6. The van der Waals surface area contributed by atoms with Gasteiger partial charge in [-0.3, -0.25) is 14.2 Å². The Morgan fingerprint density at radius 3 is 1.57 bits per heavy atom. The van der Waals surface area contributed by atoms with Crippen molar-refractivity contribution in [1.29, 1.82) is 0 Å². The van der Waals surface area contributed by atoms with Crippen molar-refractivity contribution in [3.63, 3.8) is 0 Å². The molecule has 0 aliphatic heterocycles. The van der Waals surface area contributed by atoms with Crippen LogP contribution in [0, 0.1) is 0 Å². The molecule has 0 aliphatic carbocycles. The number of nitrogens with zero attached hydrogens (tertiary/aromatic N) is 1. The van der Waals surface area contributed by atoms with Crippen LogP contribution in [0.25, 0.3) is 0 Å². The minimum Gasteiger partial charge on any atom is -0.756 e. The molecule has 0 heterocycles. The minimum atomic E-state index is -4.64. The minimum absolute atomic E-state index is 0.0471. The number of ether oxygens (including phenoxy) is 2. The zero-order valence-corrected chi connectivity index (χ0v) is 34.8. The number of phosphoric acid groups is 1. The first kappa shape index (κ1) is 50.5. The summed E-state index contributed by atoms with van der Waals surface area (Å²) in [5.74, 6) is -0.941. The molecule has 0 saturated carbocycles. The van der Waals surface area contributed by atoms with Gasteiger partial charge in [-0.05, 0) is 51.4 Å². The zero-order valence-electron chi connectivity index (χ0n) is 33.9. The first-order valence-corrected chi connectivity index (χ1v) is 21.6. The van der Waals surface area contributed by atoms with Crippen LogP contribution in [0.1, 0.15) is 136 Å². The van der Waals surface area contributed by atoms with Crippen LogP contribution in [0.4, 0.5) is 0 Å². The number of likely N-dealkylation sites (N-methyl/N-ethyl adjacent to an activating group) is 1. The lowest BCUT2D eigenvalue weighted by molar-refractivity contribution is -0.870. The molecular formula is C43H74NO8P. The van der Waals surface area contributed by atoms with Crippen LogP contribution < -0.4 is 4.89 Å². The molecule has 0 fully saturated rings. The summed E-state index contributed by atoms with van der Waals surface area (Å²) < 4.78 is 33.7. The standard InChI is InChI=1S/C43H74NO8P/c1-6-8-10-12-14-16-18-19-20-21-22-23-24-25-26-28-30-32-34-36-43(46)52-41(40-51-53(47,48)50-38-37-44(3,4)5)39-49-42(45)35-33-31-29-27-17-15-13-11-9-7-2/h8,10,14,16,19-20,22-23,25-26,30,32,41H,6-7,9,11-13,15,17-18,21,24,27-29,31,33-40H2,1-5H3/b10-8-,16-14-,20-19-,23-22-,26-25-,32-30-. The van der Waals surface area contributed by atoms with E-state index >= 15 is 0 Å². The van der Waals surface area contributed by atoms with Gasteiger partial charge in [0.25, 0.3) is 7.82 Å². The van der Waals surface area contributed by atoms with E-state index in [1.54, 1.807) is 0 Å². The summed E-state index contributed by atoms with van der Waals surface area (Å²) >= 11 is 0. The lowest BCUT2D eigenvalue weighted by Gasteiger charge is -2.28. The van der Waals surface area contributed by atoms with Crippen molar-refractivity contribution in [3.8, 4) is 0 Å². The molecule has 0 N–H and O–H groups in total. The first-order valence-electron chi connectivity index (χ1n) is 20.1. The highest BCUT2D eigenvalue weighted by Gasteiger charge is 2.21. The van der Waals surface area contributed by atoms with Crippen LogP contribution >= 0.6 is 7.82 Å². The van der Waals surface area contributed by atoms with Crippen molar-refractivity contribution in [3.05, 3.63) is 72.9 Å². The SMILES string of the molecule is CC/C=C\C/C=C\C/C=C\C/C=C\C/C=C\C/C=C\CCC(=O)OC(COC(=O)CCCCCCCCCCCC)COP(=O)([O-])OCC[N+](C)(C)C. The van der Waals surface area contributed by atoms with Crippen LogP contribution in [-0.4, -0.2) is 70.0 Å². The predicted molar refractivity (Wildman–Crippen MR) is 217 cm³/mol. The van der Waals surface area contributed by atoms with E-state index in [1.165, 1.54) is 44.9 Å². The summed E-state index contributed by atoms with van der Waals surface area (Å²) in [4.78, 5) is 37.3. The van der Waals surface area contributed by atoms with Crippen molar-refractivity contribution in [1.82, 2.24) is 0 Å². The number of carbonyl (C=O) groups is 2. The van der Waals surface area contributed by atoms with E-state index in [1.807, 2.05) is 33.3 Å². The fraction of sp³-hybridized carbons (Fsp3) is 0.674. The molecule has 2 atom stereocenters. The number of unbranched alkanes of at least 4 members (excludes halogenated alkanes) is 9. The smallest absolute Gasteiger partial charge is 0.306 e. The Labute approximate surface area is 323 Å². The maximum absolute atomic E-state index is 12.6. The number of allylic oxidation sites excluding steroid dienone is 12. The summed E-state index contributed by atoms with van der Waals surface area (Å²) in [6.07, 6.45) is 42.4. The van der Waals surface area contributed by atoms with Crippen LogP contribution in [-0.2, 0) is 32.7 Å². The molecule has 2 unspecified atom stereocenters. The van der Waals surface area contributed by atoms with Crippen molar-refractivity contribution in [2.24, 2.45) is 0 Å². The molecule has 0 radical (unpaired) electrons. The maximum Gasteiger partial charge on any atom is 0.306 e. The average molecular weight is 764 g/mol. The van der Waals surface area contributed by atoms with Gasteiger partial charge >= 0.3 is 11.9 Å². The van der Waals surface area contributed by atoms with Gasteiger partial charge in [-0.1, -0.05) is 145 Å². The van der Waals surface area contributed by atoms with Gasteiger partial charge in [0.1, 0.15) is 19.8 Å². The summed E-state index contributed by atoms with van der Waals surface area (Å²) in [6.45, 7) is 3.98. The van der Waals surface area contributed by atoms with Crippen molar-refractivity contribution in [2.75, 3.05) is 47.5 Å². The number of hydrogen-bond acceptors (Lipinski definition) is 8. The molecule has 53 heavy (non-hydrogen) atoms. The number of phosphoric ester groups is 1. The molecule has 0 aliphatic rings. The quantitative estimate of drug-likeness (QED) is 0.0206. The fourth-order valence-corrected chi connectivity index (χ4v) is 5.58. The van der Waals surface area contributed by atoms with Crippen LogP contribution in [0.3, 0.4) is 0 Å². The second-order valence-corrected chi connectivity index (χ2v) is 15.7. The number of quaternary nitrogens is 1. The van der Waals surface area contributed by atoms with Crippen LogP contribution in [0.5, 0.6) is 0 Å². The number of hydrogen-bond donors (Lipinski definition) is 0. The molecule has 10 heteroatoms. The number of rotatable bonds is 35. The summed E-state index contributed by atoms with van der Waals surface area (Å²) in [7, 11) is 1.11. The van der Waals surface area contributed by atoms with E-state index in [2.05, 4.69) is 74.6 Å². The van der Waals surface area contributed by atoms with E-state index < -0.39 is 32.5 Å². The second kappa shape index (κ2) is 35.2. The molecule has 0 bridgehead atoms. The van der Waals surface area contributed by atoms with Gasteiger partial charge in [-0.15, -0.1) is 0 Å². The molecular weight excluding hydrogens is 689 g/mol. The lowest BCUT2D eigenvalue weighted by atomic mass is 10.1. The van der Waals surface area contributed by atoms with E-state index in [9.17, 15) is 19.0 Å². The van der Waals surface area contributed by atoms with Crippen LogP contribution in [0.2, 0.25) is 0 Å². The summed E-state index contributed by atoms with van der Waals surface area (Å²) in [5, 5.41) is 0. The van der Waals surface area contributed by atoms with Gasteiger partial charge in [0.2, 0.25) is 0 Å². The number of esters is 2. The Bertz CT molecular complexity index is 1140. The van der Waals surface area contributed by atoms with E-state index in [4.69, 9.17) is 18.5 Å². The zero-order chi connectivity index (χ0) is 39.3. The largest absolute Gasteiger partial charge is 0.756 e. The molecule has 0 aromatic carbocycles. The highest BCUT2D eigenvalue weighted by Crippen LogP contribution is 2.38. The topological polar surface area (TPSA) is 111 Å². The Kier molecular flexibility index (Phi) is 33.5. The molecule has 0 amide bonds. The molecule has 0 rings (SSSR count). The molecule has 304 valence electrons. The van der Waals surface area contributed by atoms with Gasteiger partial charge < -0.3 is 27.9 Å². The Morgan fingerprint density at radius 1 is 0.604 bits per heavy atom. The van der Waals surface area contributed by atoms with Gasteiger partial charge in [0.15, 0.2) is 6.10 Å². The van der Waals surface area contributed by atoms with E-state index in [-0.39, 0.29) is 26.1 Å². The molecule has 0 aromatic rings. The second-order valence-electron chi connectivity index (χ2n) is 14.3. The Morgan fingerprint density at radius 2 is 1.08 bits per heavy atom. The number of carbonyl (C=O) groups excluding carboxylic acids is 2. The van der Waals surface area contributed by atoms with Gasteiger partial charge in [0, 0.05) is 12.8 Å². The highest BCUT2D eigenvalue weighted by molar-refractivity contribution is 7.45. The van der Waals surface area contributed by atoms with Crippen molar-refractivity contribution >= 4 is 19.8 Å². The monoisotopic (exact) mass is 764 g/mol. The van der Waals surface area contributed by atoms with Gasteiger partial charge in [-0.2, -0.15) is 0 Å². The fourth-order valence-electron chi connectivity index (χ4n) is 4.85. The third kappa shape index (κ3) is 39.0. The lowest BCUT2D eigenvalue weighted by Crippen LogP contribution is -2.37. The molecule has 9 nitrogen and oxygen atoms in total. The third-order valence-corrected chi connectivity index (χ3v) is 8.97. The van der Waals surface area contributed by atoms with Gasteiger partial charge in [0.05, 0.1) is 27.7 Å². The summed E-state index contributed by atoms with van der Waals surface area (Å²) in [5.41, 5.74) is 0. The Hall–Kier alpha value is -2.55. The van der Waals surface area contributed by atoms with Crippen molar-refractivity contribution < 1.29 is 42.1 Å². The average Bonchev–Trinajstić information content (AvgIpc) is 3.10. The molecule has 0 spiro atoms. The first-order chi connectivity index (χ1) is 25.5. The third-order valence-electron chi connectivity index (χ3n) is 8.00. The van der Waals surface area contributed by atoms with E-state index in [0.717, 1.165) is 57.8 Å².